The van der Waals surface area contributed by atoms with Crippen molar-refractivity contribution in [3.8, 4) is 0 Å². The molecule has 0 aliphatic carbocycles. The van der Waals surface area contributed by atoms with Crippen molar-refractivity contribution in [3.05, 3.63) is 69.7 Å². The average Bonchev–Trinajstić information content (AvgIpc) is 3.01. The van der Waals surface area contributed by atoms with E-state index in [9.17, 15) is 0 Å². The third-order valence-electron chi connectivity index (χ3n) is 3.15. The zero-order valence-electron chi connectivity index (χ0n) is 11.0. The Morgan fingerprint density at radius 1 is 1.00 bits per heavy atom. The van der Waals surface area contributed by atoms with Gasteiger partial charge in [0.25, 0.3) is 0 Å². The van der Waals surface area contributed by atoms with Gasteiger partial charge in [-0.3, -0.25) is 0 Å². The number of rotatable bonds is 3. The number of allylic oxidation sites excluding steroid dienone is 1. The summed E-state index contributed by atoms with van der Waals surface area (Å²) in [4.78, 5) is 2.73. The second kappa shape index (κ2) is 6.87. The Morgan fingerprint density at radius 3 is 2.40 bits per heavy atom. The minimum atomic E-state index is 0.671. The molecule has 1 heterocycles. The van der Waals surface area contributed by atoms with Gasteiger partial charge >= 0.3 is 136 Å². The molecule has 1 saturated heterocycles. The van der Waals surface area contributed by atoms with Gasteiger partial charge in [0, 0.05) is 0 Å². The van der Waals surface area contributed by atoms with Crippen molar-refractivity contribution in [2.24, 2.45) is 0 Å². The van der Waals surface area contributed by atoms with E-state index in [0.717, 1.165) is 5.02 Å². The molecular formula is C17H15ClSSe. The summed E-state index contributed by atoms with van der Waals surface area (Å²) in [5.74, 6) is 0. The van der Waals surface area contributed by atoms with Crippen LogP contribution in [0.4, 0.5) is 0 Å². The average molecular weight is 366 g/mol. The number of hydrogen-bond donors (Lipinski definition) is 0. The van der Waals surface area contributed by atoms with Crippen LogP contribution < -0.4 is 0 Å². The Hall–Kier alpha value is -0.661. The van der Waals surface area contributed by atoms with Crippen LogP contribution in [-0.4, -0.2) is 15.0 Å². The van der Waals surface area contributed by atoms with Gasteiger partial charge in [-0.05, 0) is 0 Å². The van der Waals surface area contributed by atoms with Gasteiger partial charge in [-0.2, -0.15) is 0 Å². The Bertz CT molecular complexity index is 597. The number of benzene rings is 2. The maximum absolute atomic E-state index is 5.97. The topological polar surface area (TPSA) is 0 Å². The first-order valence-corrected chi connectivity index (χ1v) is 9.94. The van der Waals surface area contributed by atoms with Gasteiger partial charge < -0.3 is 0 Å². The predicted octanol–water partition coefficient (Wildman–Crippen LogP) is 5.72. The zero-order chi connectivity index (χ0) is 13.8. The molecule has 0 aromatic heterocycles. The minimum absolute atomic E-state index is 0.671. The van der Waals surface area contributed by atoms with Crippen LogP contribution in [0.25, 0.3) is 4.91 Å². The van der Waals surface area contributed by atoms with Crippen molar-refractivity contribution in [1.29, 1.82) is 0 Å². The second-order valence-electron chi connectivity index (χ2n) is 4.63. The summed E-state index contributed by atoms with van der Waals surface area (Å²) < 4.78 is 1.67. The van der Waals surface area contributed by atoms with E-state index in [4.69, 9.17) is 11.6 Å². The summed E-state index contributed by atoms with van der Waals surface area (Å²) in [7, 11) is 0. The molecule has 0 saturated carbocycles. The third kappa shape index (κ3) is 3.51. The first-order chi connectivity index (χ1) is 9.83. The van der Waals surface area contributed by atoms with Crippen LogP contribution in [0.5, 0.6) is 0 Å². The molecule has 1 aliphatic heterocycles. The summed E-state index contributed by atoms with van der Waals surface area (Å²) in [6.45, 7) is 0. The first kappa shape index (κ1) is 14.3. The molecule has 20 heavy (non-hydrogen) atoms. The standard InChI is InChI=1S/C17H15ClSSe/c18-14-8-10-15(11-9-14)19-17(16-7-4-12-20-16)13-5-2-1-3-6-13/h1-3,5-6,8-11H,4,7,12H2/b17-16+. The van der Waals surface area contributed by atoms with E-state index in [-0.39, 0.29) is 0 Å². The van der Waals surface area contributed by atoms with E-state index in [1.807, 2.05) is 23.9 Å². The molecule has 0 spiro atoms. The van der Waals surface area contributed by atoms with Crippen LogP contribution in [0.3, 0.4) is 0 Å². The van der Waals surface area contributed by atoms with E-state index in [1.165, 1.54) is 33.5 Å². The molecule has 3 rings (SSSR count). The van der Waals surface area contributed by atoms with Crippen molar-refractivity contribution in [2.75, 3.05) is 0 Å². The van der Waals surface area contributed by atoms with Crippen molar-refractivity contribution in [1.82, 2.24) is 0 Å². The molecule has 0 N–H and O–H groups in total. The van der Waals surface area contributed by atoms with Crippen LogP contribution in [0.15, 0.2) is 64.0 Å². The Kier molecular flexibility index (Phi) is 4.90. The van der Waals surface area contributed by atoms with Crippen LogP contribution >= 0.6 is 23.4 Å². The van der Waals surface area contributed by atoms with Crippen molar-refractivity contribution in [2.45, 2.75) is 23.1 Å². The van der Waals surface area contributed by atoms with Gasteiger partial charge in [0.2, 0.25) is 0 Å². The van der Waals surface area contributed by atoms with Crippen LogP contribution in [-0.2, 0) is 0 Å². The van der Waals surface area contributed by atoms with Gasteiger partial charge in [-0.15, -0.1) is 0 Å². The van der Waals surface area contributed by atoms with Crippen molar-refractivity contribution >= 4 is 43.2 Å². The van der Waals surface area contributed by atoms with Gasteiger partial charge in [0.05, 0.1) is 0 Å². The normalized spacial score (nSPS) is 17.2. The van der Waals surface area contributed by atoms with Gasteiger partial charge in [-0.25, -0.2) is 0 Å². The number of thioether (sulfide) groups is 1. The molecule has 0 atom stereocenters. The van der Waals surface area contributed by atoms with E-state index >= 15 is 0 Å². The summed E-state index contributed by atoms with van der Waals surface area (Å²) in [6.07, 6.45) is 2.62. The Balaban J connectivity index is 1.94. The Morgan fingerprint density at radius 2 is 1.75 bits per heavy atom. The fourth-order valence-electron chi connectivity index (χ4n) is 2.17. The number of hydrogen-bond acceptors (Lipinski definition) is 1. The van der Waals surface area contributed by atoms with Crippen LogP contribution in [0.1, 0.15) is 18.4 Å². The fraction of sp³-hybridized carbons (Fsp3) is 0.176. The quantitative estimate of drug-likeness (QED) is 0.495. The molecule has 0 bridgehead atoms. The van der Waals surface area contributed by atoms with E-state index < -0.39 is 0 Å². The molecule has 0 amide bonds. The molecular weight excluding hydrogens is 351 g/mol. The van der Waals surface area contributed by atoms with Gasteiger partial charge in [0.1, 0.15) is 0 Å². The summed E-state index contributed by atoms with van der Waals surface area (Å²) in [5.41, 5.74) is 1.35. The maximum atomic E-state index is 5.97. The molecule has 1 fully saturated rings. The molecule has 2 aromatic carbocycles. The van der Waals surface area contributed by atoms with E-state index in [0.29, 0.717) is 15.0 Å². The molecule has 0 nitrogen and oxygen atoms in total. The molecule has 0 radical (unpaired) electrons. The first-order valence-electron chi connectivity index (χ1n) is 6.68. The predicted molar refractivity (Wildman–Crippen MR) is 90.5 cm³/mol. The molecule has 3 heteroatoms. The molecule has 102 valence electrons. The van der Waals surface area contributed by atoms with E-state index in [2.05, 4.69) is 42.5 Å². The van der Waals surface area contributed by atoms with Crippen LogP contribution in [0.2, 0.25) is 10.3 Å². The monoisotopic (exact) mass is 366 g/mol. The Labute approximate surface area is 135 Å². The fourth-order valence-corrected chi connectivity index (χ4v) is 6.09. The molecule has 1 aliphatic rings. The second-order valence-corrected chi connectivity index (χ2v) is 8.64. The summed E-state index contributed by atoms with van der Waals surface area (Å²) >= 11 is 8.53. The third-order valence-corrected chi connectivity index (χ3v) is 7.51. The van der Waals surface area contributed by atoms with Crippen molar-refractivity contribution < 1.29 is 0 Å². The van der Waals surface area contributed by atoms with Crippen LogP contribution in [0, 0.1) is 0 Å². The van der Waals surface area contributed by atoms with Crippen molar-refractivity contribution in [3.63, 3.8) is 0 Å². The zero-order valence-corrected chi connectivity index (χ0v) is 14.3. The SMILES string of the molecule is Clc1ccc(S/C(=C2\CCC[Se]2)c2ccccc2)cc1. The molecule has 0 unspecified atom stereocenters. The van der Waals surface area contributed by atoms with Gasteiger partial charge in [0.15, 0.2) is 0 Å². The molecule has 2 aromatic rings. The summed E-state index contributed by atoms with van der Waals surface area (Å²) in [5, 5.41) is 2.19. The number of halogens is 1. The summed E-state index contributed by atoms with van der Waals surface area (Å²) in [6, 6.07) is 18.9. The van der Waals surface area contributed by atoms with Gasteiger partial charge in [-0.1, -0.05) is 0 Å². The van der Waals surface area contributed by atoms with E-state index in [1.54, 1.807) is 4.47 Å².